The summed E-state index contributed by atoms with van der Waals surface area (Å²) in [5.41, 5.74) is 2.94. The van der Waals surface area contributed by atoms with Crippen LogP contribution in [0.15, 0.2) is 53.2 Å². The van der Waals surface area contributed by atoms with Crippen molar-refractivity contribution in [2.24, 2.45) is 0 Å². The third kappa shape index (κ3) is 6.10. The number of ether oxygens (including phenoxy) is 1. The van der Waals surface area contributed by atoms with Gasteiger partial charge in [-0.1, -0.05) is 31.2 Å². The Morgan fingerprint density at radius 2 is 1.73 bits per heavy atom. The van der Waals surface area contributed by atoms with Crippen molar-refractivity contribution in [1.29, 1.82) is 0 Å². The van der Waals surface area contributed by atoms with E-state index < -0.39 is 0 Å². The third-order valence-corrected chi connectivity index (χ3v) is 7.72. The van der Waals surface area contributed by atoms with Gasteiger partial charge in [-0.3, -0.25) is 4.90 Å². The average Bonchev–Trinajstić information content (AvgIpc) is 3.45. The predicted molar refractivity (Wildman–Crippen MR) is 133 cm³/mol. The van der Waals surface area contributed by atoms with Crippen molar-refractivity contribution in [3.63, 3.8) is 0 Å². The van der Waals surface area contributed by atoms with E-state index in [0.717, 1.165) is 31.6 Å². The summed E-state index contributed by atoms with van der Waals surface area (Å²) < 4.78 is 6.21. The van der Waals surface area contributed by atoms with E-state index in [4.69, 9.17) is 4.74 Å². The summed E-state index contributed by atoms with van der Waals surface area (Å²) in [6.07, 6.45) is 6.92. The Labute approximate surface area is 195 Å². The molecule has 2 nitrogen and oxygen atoms in total. The van der Waals surface area contributed by atoms with Crippen LogP contribution in [0.2, 0.25) is 0 Å². The molecule has 0 bridgehead atoms. The molecule has 5 heteroatoms. The molecule has 30 heavy (non-hydrogen) atoms. The van der Waals surface area contributed by atoms with E-state index in [0.29, 0.717) is 6.04 Å². The fourth-order valence-corrected chi connectivity index (χ4v) is 5.78. The zero-order valence-electron chi connectivity index (χ0n) is 17.7. The van der Waals surface area contributed by atoms with Crippen LogP contribution in [-0.2, 0) is 25.7 Å². The molecule has 1 aliphatic rings. The molecule has 3 aromatic rings. The molecule has 0 N–H and O–H groups in total. The molecule has 0 fully saturated rings. The summed E-state index contributed by atoms with van der Waals surface area (Å²) >= 11 is 3.70. The Morgan fingerprint density at radius 3 is 2.43 bits per heavy atom. The van der Waals surface area contributed by atoms with E-state index in [1.54, 1.807) is 0 Å². The maximum atomic E-state index is 6.21. The molecule has 0 radical (unpaired) electrons. The van der Waals surface area contributed by atoms with Crippen molar-refractivity contribution in [3.05, 3.63) is 74.1 Å². The van der Waals surface area contributed by atoms with Crippen LogP contribution >= 0.6 is 35.1 Å². The van der Waals surface area contributed by atoms with Gasteiger partial charge in [-0.05, 0) is 78.7 Å². The van der Waals surface area contributed by atoms with Gasteiger partial charge in [0.2, 0.25) is 0 Å². The van der Waals surface area contributed by atoms with Crippen molar-refractivity contribution >= 4 is 35.1 Å². The van der Waals surface area contributed by atoms with E-state index >= 15 is 0 Å². The van der Waals surface area contributed by atoms with Crippen LogP contribution in [0.4, 0.5) is 0 Å². The zero-order chi connectivity index (χ0) is 19.9. The van der Waals surface area contributed by atoms with E-state index in [9.17, 15) is 0 Å². The Hall–Kier alpha value is -1.33. The Balaban J connectivity index is 0.00000256. The summed E-state index contributed by atoms with van der Waals surface area (Å²) in [5, 5.41) is 4.33. The molecule has 0 aliphatic heterocycles. The van der Waals surface area contributed by atoms with Crippen molar-refractivity contribution in [2.45, 2.75) is 51.5 Å². The van der Waals surface area contributed by atoms with Gasteiger partial charge >= 0.3 is 0 Å². The van der Waals surface area contributed by atoms with Gasteiger partial charge in [-0.2, -0.15) is 0 Å². The highest BCUT2D eigenvalue weighted by Gasteiger charge is 2.25. The molecule has 1 aromatic carbocycles. The fourth-order valence-electron chi connectivity index (χ4n) is 4.39. The molecule has 0 saturated carbocycles. The average molecular weight is 462 g/mol. The first kappa shape index (κ1) is 23.3. The summed E-state index contributed by atoms with van der Waals surface area (Å²) in [4.78, 5) is 5.63. The second-order valence-corrected chi connectivity index (χ2v) is 9.90. The van der Waals surface area contributed by atoms with Crippen molar-refractivity contribution < 1.29 is 4.74 Å². The normalized spacial score (nSPS) is 15.6. The number of nitrogens with zero attached hydrogens (tertiary/aromatic N) is 1. The van der Waals surface area contributed by atoms with Crippen LogP contribution in [0.5, 0.6) is 5.75 Å². The molecule has 0 amide bonds. The van der Waals surface area contributed by atoms with Gasteiger partial charge in [0.05, 0.1) is 6.61 Å². The minimum absolute atomic E-state index is 0. The number of hydrogen-bond donors (Lipinski definition) is 0. The van der Waals surface area contributed by atoms with Crippen LogP contribution < -0.4 is 4.74 Å². The van der Waals surface area contributed by atoms with Crippen LogP contribution in [0.25, 0.3) is 0 Å². The van der Waals surface area contributed by atoms with E-state index in [-0.39, 0.29) is 12.4 Å². The number of hydrogen-bond acceptors (Lipinski definition) is 4. The first-order valence-corrected chi connectivity index (χ1v) is 12.6. The Bertz CT molecular complexity index is 863. The molecule has 0 spiro atoms. The second-order valence-electron chi connectivity index (χ2n) is 7.83. The fraction of sp³-hybridized carbons (Fsp3) is 0.440. The van der Waals surface area contributed by atoms with Gasteiger partial charge in [-0.15, -0.1) is 35.1 Å². The minimum Gasteiger partial charge on any atom is -0.493 e. The van der Waals surface area contributed by atoms with Gasteiger partial charge in [0.1, 0.15) is 5.75 Å². The highest BCUT2D eigenvalue weighted by Crippen LogP contribution is 2.32. The van der Waals surface area contributed by atoms with E-state index in [1.807, 2.05) is 22.7 Å². The minimum atomic E-state index is 0. The number of benzene rings is 1. The van der Waals surface area contributed by atoms with Crippen molar-refractivity contribution in [3.8, 4) is 5.75 Å². The standard InChI is InChI=1S/C25H31NOS2.ClH/c1-2-14-26(15-12-22-7-4-17-28-22)21-10-11-24-20(19-21)6-3-9-25(24)27-16-13-23-8-5-18-29-23;/h3-9,17-18,21H,2,10-16,19H2,1H3;1H/t21-;/m0./s1. The maximum Gasteiger partial charge on any atom is 0.122 e. The first-order chi connectivity index (χ1) is 14.3. The number of rotatable bonds is 10. The quantitative estimate of drug-likeness (QED) is 0.334. The van der Waals surface area contributed by atoms with Gasteiger partial charge in [0, 0.05) is 28.8 Å². The lowest BCUT2D eigenvalue weighted by molar-refractivity contribution is 0.181. The highest BCUT2D eigenvalue weighted by molar-refractivity contribution is 7.10. The van der Waals surface area contributed by atoms with Gasteiger partial charge in [0.25, 0.3) is 0 Å². The lowest BCUT2D eigenvalue weighted by Crippen LogP contribution is -2.41. The van der Waals surface area contributed by atoms with Gasteiger partial charge in [0.15, 0.2) is 0 Å². The summed E-state index contributed by atoms with van der Waals surface area (Å²) in [6, 6.07) is 16.1. The van der Waals surface area contributed by atoms with E-state index in [2.05, 4.69) is 65.0 Å². The van der Waals surface area contributed by atoms with Crippen LogP contribution in [0.1, 0.15) is 40.6 Å². The summed E-state index contributed by atoms with van der Waals surface area (Å²) in [6.45, 7) is 5.44. The van der Waals surface area contributed by atoms with Crippen LogP contribution in [0, 0.1) is 0 Å². The van der Waals surface area contributed by atoms with Gasteiger partial charge in [-0.25, -0.2) is 0 Å². The van der Waals surface area contributed by atoms with Gasteiger partial charge < -0.3 is 4.74 Å². The van der Waals surface area contributed by atoms with Crippen LogP contribution in [-0.4, -0.2) is 30.6 Å². The molecule has 2 heterocycles. The number of fused-ring (bicyclic) bond motifs is 1. The number of halogens is 1. The largest absolute Gasteiger partial charge is 0.493 e. The van der Waals surface area contributed by atoms with Crippen molar-refractivity contribution in [2.75, 3.05) is 19.7 Å². The van der Waals surface area contributed by atoms with Crippen LogP contribution in [0.3, 0.4) is 0 Å². The number of thiophene rings is 2. The topological polar surface area (TPSA) is 12.5 Å². The van der Waals surface area contributed by atoms with E-state index in [1.165, 1.54) is 53.2 Å². The molecule has 162 valence electrons. The molecular formula is C25H32ClNOS2. The molecule has 1 atom stereocenters. The molecule has 0 saturated heterocycles. The zero-order valence-corrected chi connectivity index (χ0v) is 20.2. The molecular weight excluding hydrogens is 430 g/mol. The Morgan fingerprint density at radius 1 is 0.967 bits per heavy atom. The third-order valence-electron chi connectivity index (χ3n) is 5.85. The highest BCUT2D eigenvalue weighted by atomic mass is 35.5. The summed E-state index contributed by atoms with van der Waals surface area (Å²) in [5.74, 6) is 1.11. The lowest BCUT2D eigenvalue weighted by Gasteiger charge is -2.35. The van der Waals surface area contributed by atoms with Crippen molar-refractivity contribution in [1.82, 2.24) is 4.90 Å². The first-order valence-electron chi connectivity index (χ1n) is 10.9. The lowest BCUT2D eigenvalue weighted by atomic mass is 9.86. The molecule has 0 unspecified atom stereocenters. The molecule has 4 rings (SSSR count). The second kappa shape index (κ2) is 11.9. The Kier molecular flexibility index (Phi) is 9.26. The predicted octanol–water partition coefficient (Wildman–Crippen LogP) is 6.66. The maximum absolute atomic E-state index is 6.21. The monoisotopic (exact) mass is 461 g/mol. The molecule has 2 aromatic heterocycles. The summed E-state index contributed by atoms with van der Waals surface area (Å²) in [7, 11) is 0. The SMILES string of the molecule is CCCN(CCc1cccs1)[C@H]1CCc2c(cccc2OCCc2cccs2)C1.Cl. The smallest absolute Gasteiger partial charge is 0.122 e. The molecule has 1 aliphatic carbocycles.